The van der Waals surface area contributed by atoms with Crippen molar-refractivity contribution in [2.75, 3.05) is 0 Å². The standard InChI is InChI=1S/C12H18O3S/c1-12(2,3)8-10-4-6-11(7-5-10)9-16(13,14)15/h4-7H,8-9H2,1-3H3,(H,13,14,15). The van der Waals surface area contributed by atoms with Gasteiger partial charge in [-0.2, -0.15) is 8.42 Å². The summed E-state index contributed by atoms with van der Waals surface area (Å²) in [6.45, 7) is 6.46. The summed E-state index contributed by atoms with van der Waals surface area (Å²) < 4.78 is 30.0. The number of hydrogen-bond donors (Lipinski definition) is 1. The van der Waals surface area contributed by atoms with Gasteiger partial charge in [-0.1, -0.05) is 45.0 Å². The van der Waals surface area contributed by atoms with Crippen LogP contribution in [0.5, 0.6) is 0 Å². The highest BCUT2D eigenvalue weighted by molar-refractivity contribution is 7.85. The van der Waals surface area contributed by atoms with Crippen molar-refractivity contribution in [2.24, 2.45) is 5.41 Å². The third kappa shape index (κ3) is 5.28. The van der Waals surface area contributed by atoms with Crippen molar-refractivity contribution in [2.45, 2.75) is 32.9 Å². The van der Waals surface area contributed by atoms with Crippen LogP contribution in [-0.4, -0.2) is 13.0 Å². The average Bonchev–Trinajstić information content (AvgIpc) is 2.03. The van der Waals surface area contributed by atoms with Gasteiger partial charge in [-0.15, -0.1) is 0 Å². The van der Waals surface area contributed by atoms with Gasteiger partial charge in [-0.05, 0) is 23.0 Å². The first-order valence-electron chi connectivity index (χ1n) is 5.19. The predicted octanol–water partition coefficient (Wildman–Crippen LogP) is 2.66. The molecule has 0 aromatic heterocycles. The molecule has 16 heavy (non-hydrogen) atoms. The monoisotopic (exact) mass is 242 g/mol. The van der Waals surface area contributed by atoms with Gasteiger partial charge in [0, 0.05) is 0 Å². The number of hydrogen-bond acceptors (Lipinski definition) is 2. The van der Waals surface area contributed by atoms with Crippen molar-refractivity contribution in [1.29, 1.82) is 0 Å². The second kappa shape index (κ2) is 4.55. The van der Waals surface area contributed by atoms with E-state index >= 15 is 0 Å². The molecule has 0 bridgehead atoms. The number of rotatable bonds is 3. The highest BCUT2D eigenvalue weighted by Crippen LogP contribution is 2.20. The average molecular weight is 242 g/mol. The van der Waals surface area contributed by atoms with Crippen LogP contribution in [0.4, 0.5) is 0 Å². The molecule has 0 aliphatic rings. The van der Waals surface area contributed by atoms with E-state index in [-0.39, 0.29) is 11.2 Å². The van der Waals surface area contributed by atoms with Crippen LogP contribution in [-0.2, 0) is 22.3 Å². The van der Waals surface area contributed by atoms with Gasteiger partial charge in [-0.3, -0.25) is 4.55 Å². The van der Waals surface area contributed by atoms with E-state index in [2.05, 4.69) is 20.8 Å². The van der Waals surface area contributed by atoms with Gasteiger partial charge in [0.2, 0.25) is 0 Å². The lowest BCUT2D eigenvalue weighted by Crippen LogP contribution is -2.09. The minimum absolute atomic E-state index is 0.213. The topological polar surface area (TPSA) is 54.4 Å². The Morgan fingerprint density at radius 1 is 1.06 bits per heavy atom. The van der Waals surface area contributed by atoms with Gasteiger partial charge in [0.25, 0.3) is 10.1 Å². The molecule has 0 aliphatic heterocycles. The van der Waals surface area contributed by atoms with Crippen molar-refractivity contribution < 1.29 is 13.0 Å². The van der Waals surface area contributed by atoms with E-state index < -0.39 is 10.1 Å². The van der Waals surface area contributed by atoms with Crippen molar-refractivity contribution in [3.63, 3.8) is 0 Å². The molecule has 0 amide bonds. The van der Waals surface area contributed by atoms with Crippen LogP contribution in [0.2, 0.25) is 0 Å². The summed E-state index contributed by atoms with van der Waals surface area (Å²) in [5.74, 6) is -0.317. The summed E-state index contributed by atoms with van der Waals surface area (Å²) >= 11 is 0. The summed E-state index contributed by atoms with van der Waals surface area (Å²) in [5, 5.41) is 0. The molecule has 0 aliphatic carbocycles. The Labute approximate surface area is 97.2 Å². The van der Waals surface area contributed by atoms with E-state index in [0.717, 1.165) is 6.42 Å². The Balaban J connectivity index is 2.76. The summed E-state index contributed by atoms with van der Waals surface area (Å²) in [6, 6.07) is 7.31. The zero-order valence-electron chi connectivity index (χ0n) is 9.90. The minimum atomic E-state index is -3.93. The third-order valence-electron chi connectivity index (χ3n) is 2.11. The molecule has 1 aromatic carbocycles. The van der Waals surface area contributed by atoms with E-state index in [1.54, 1.807) is 12.1 Å². The maximum atomic E-state index is 10.7. The molecule has 0 radical (unpaired) electrons. The van der Waals surface area contributed by atoms with Gasteiger partial charge < -0.3 is 0 Å². The van der Waals surface area contributed by atoms with E-state index in [9.17, 15) is 8.42 Å². The van der Waals surface area contributed by atoms with Crippen LogP contribution in [0.15, 0.2) is 24.3 Å². The van der Waals surface area contributed by atoms with Crippen molar-refractivity contribution in [1.82, 2.24) is 0 Å². The normalized spacial score (nSPS) is 12.8. The van der Waals surface area contributed by atoms with E-state index in [4.69, 9.17) is 4.55 Å². The molecule has 0 heterocycles. The Morgan fingerprint density at radius 3 is 1.88 bits per heavy atom. The largest absolute Gasteiger partial charge is 0.285 e. The molecule has 90 valence electrons. The molecule has 1 rings (SSSR count). The molecule has 1 aromatic rings. The maximum absolute atomic E-state index is 10.7. The number of benzene rings is 1. The van der Waals surface area contributed by atoms with Crippen LogP contribution in [0.1, 0.15) is 31.9 Å². The zero-order chi connectivity index (χ0) is 12.4. The lowest BCUT2D eigenvalue weighted by Gasteiger charge is -2.18. The van der Waals surface area contributed by atoms with Crippen LogP contribution in [0, 0.1) is 5.41 Å². The predicted molar refractivity (Wildman–Crippen MR) is 64.9 cm³/mol. The SMILES string of the molecule is CC(C)(C)Cc1ccc(CS(=O)(=O)O)cc1. The fourth-order valence-electron chi connectivity index (χ4n) is 1.58. The Kier molecular flexibility index (Phi) is 3.76. The highest BCUT2D eigenvalue weighted by Gasteiger charge is 2.11. The fourth-order valence-corrected chi connectivity index (χ4v) is 2.19. The van der Waals surface area contributed by atoms with Crippen molar-refractivity contribution >= 4 is 10.1 Å². The lowest BCUT2D eigenvalue weighted by molar-refractivity contribution is 0.411. The smallest absolute Gasteiger partial charge is 0.269 e. The minimum Gasteiger partial charge on any atom is -0.285 e. The van der Waals surface area contributed by atoms with Crippen LogP contribution < -0.4 is 0 Å². The van der Waals surface area contributed by atoms with Gasteiger partial charge in [0.1, 0.15) is 5.75 Å². The molecule has 3 nitrogen and oxygen atoms in total. The van der Waals surface area contributed by atoms with Crippen molar-refractivity contribution in [3.8, 4) is 0 Å². The molecule has 0 fully saturated rings. The fraction of sp³-hybridized carbons (Fsp3) is 0.500. The Morgan fingerprint density at radius 2 is 1.50 bits per heavy atom. The van der Waals surface area contributed by atoms with Gasteiger partial charge in [0.05, 0.1) is 0 Å². The summed E-state index contributed by atoms with van der Waals surface area (Å²) in [5.41, 5.74) is 2.00. The highest BCUT2D eigenvalue weighted by atomic mass is 32.2. The van der Waals surface area contributed by atoms with E-state index in [1.165, 1.54) is 5.56 Å². The molecule has 0 spiro atoms. The first kappa shape index (κ1) is 13.2. The molecule has 4 heteroatoms. The summed E-state index contributed by atoms with van der Waals surface area (Å²) in [4.78, 5) is 0. The van der Waals surface area contributed by atoms with E-state index in [1.807, 2.05) is 12.1 Å². The quantitative estimate of drug-likeness (QED) is 0.829. The second-order valence-electron chi connectivity index (χ2n) is 5.28. The summed E-state index contributed by atoms with van der Waals surface area (Å²) in [7, 11) is -3.93. The van der Waals surface area contributed by atoms with Crippen LogP contribution in [0.3, 0.4) is 0 Å². The third-order valence-corrected chi connectivity index (χ3v) is 2.80. The van der Waals surface area contributed by atoms with Crippen molar-refractivity contribution in [3.05, 3.63) is 35.4 Å². The summed E-state index contributed by atoms with van der Waals surface area (Å²) in [6.07, 6.45) is 0.944. The van der Waals surface area contributed by atoms with Gasteiger partial charge in [-0.25, -0.2) is 0 Å². The zero-order valence-corrected chi connectivity index (χ0v) is 10.7. The Bertz CT molecular complexity index is 438. The molecule has 0 unspecified atom stereocenters. The molecule has 0 saturated heterocycles. The molecule has 0 saturated carbocycles. The second-order valence-corrected chi connectivity index (χ2v) is 6.73. The lowest BCUT2D eigenvalue weighted by atomic mass is 9.88. The molecule has 0 atom stereocenters. The van der Waals surface area contributed by atoms with Crippen LogP contribution in [0.25, 0.3) is 0 Å². The van der Waals surface area contributed by atoms with Gasteiger partial charge >= 0.3 is 0 Å². The molecule has 1 N–H and O–H groups in total. The van der Waals surface area contributed by atoms with Gasteiger partial charge in [0.15, 0.2) is 0 Å². The van der Waals surface area contributed by atoms with E-state index in [0.29, 0.717) is 5.56 Å². The first-order chi connectivity index (χ1) is 7.16. The Hall–Kier alpha value is -0.870. The first-order valence-corrected chi connectivity index (χ1v) is 6.80. The van der Waals surface area contributed by atoms with Crippen LogP contribution >= 0.6 is 0 Å². The molecular weight excluding hydrogens is 224 g/mol. The molecular formula is C12H18O3S. The maximum Gasteiger partial charge on any atom is 0.269 e.